The number of alkyl halides is 1. The van der Waals surface area contributed by atoms with Gasteiger partial charge < -0.3 is 4.57 Å². The average molecular weight is 272 g/mol. The molecule has 0 aromatic carbocycles. The highest BCUT2D eigenvalue weighted by molar-refractivity contribution is 9.09. The number of aromatic nitrogens is 1. The largest absolute Gasteiger partial charge is 0.353 e. The van der Waals surface area contributed by atoms with Gasteiger partial charge in [-0.05, 0) is 18.3 Å². The number of hydrogen-bond donors (Lipinski definition) is 0. The minimum atomic E-state index is 0.0729. The van der Waals surface area contributed by atoms with Crippen molar-refractivity contribution in [3.8, 4) is 0 Å². The van der Waals surface area contributed by atoms with Crippen LogP contribution in [0.5, 0.6) is 0 Å². The molecule has 0 radical (unpaired) electrons. The van der Waals surface area contributed by atoms with Crippen molar-refractivity contribution in [3.05, 3.63) is 34.7 Å². The van der Waals surface area contributed by atoms with Crippen LogP contribution in [0, 0.1) is 5.41 Å². The molecule has 0 unspecified atom stereocenters. The lowest BCUT2D eigenvalue weighted by Crippen LogP contribution is -2.27. The van der Waals surface area contributed by atoms with Crippen LogP contribution < -0.4 is 5.43 Å². The minimum absolute atomic E-state index is 0.0729. The molecule has 0 spiro atoms. The van der Waals surface area contributed by atoms with Crippen molar-refractivity contribution in [1.29, 1.82) is 0 Å². The molecule has 1 aromatic heterocycles. The van der Waals surface area contributed by atoms with Crippen LogP contribution >= 0.6 is 15.9 Å². The molecule has 1 rings (SSSR count). The fourth-order valence-electron chi connectivity index (χ4n) is 1.64. The Kier molecular flexibility index (Phi) is 4.58. The molecule has 0 aliphatic carbocycles. The number of rotatable bonds is 5. The van der Waals surface area contributed by atoms with Gasteiger partial charge in [0, 0.05) is 36.4 Å². The van der Waals surface area contributed by atoms with Crippen LogP contribution in [0.4, 0.5) is 0 Å². The lowest BCUT2D eigenvalue weighted by Gasteiger charge is -2.30. The van der Waals surface area contributed by atoms with E-state index in [4.69, 9.17) is 0 Å². The summed E-state index contributed by atoms with van der Waals surface area (Å²) in [5.41, 5.74) is 0.374. The van der Waals surface area contributed by atoms with Gasteiger partial charge in [0.15, 0.2) is 5.43 Å². The van der Waals surface area contributed by atoms with Gasteiger partial charge in [-0.25, -0.2) is 0 Å². The van der Waals surface area contributed by atoms with Crippen LogP contribution in [0.2, 0.25) is 0 Å². The van der Waals surface area contributed by atoms with E-state index in [2.05, 4.69) is 34.3 Å². The van der Waals surface area contributed by atoms with E-state index < -0.39 is 0 Å². The second-order valence-corrected chi connectivity index (χ2v) is 4.61. The predicted molar refractivity (Wildman–Crippen MR) is 67.5 cm³/mol. The SMILES string of the molecule is CCC(CC)(CBr)Cn1ccc(=O)cc1. The monoisotopic (exact) mass is 271 g/mol. The van der Waals surface area contributed by atoms with Gasteiger partial charge in [0.2, 0.25) is 0 Å². The first-order valence-corrected chi connectivity index (χ1v) is 6.50. The smallest absolute Gasteiger partial charge is 0.181 e. The van der Waals surface area contributed by atoms with Gasteiger partial charge in [0.1, 0.15) is 0 Å². The zero-order valence-corrected chi connectivity index (χ0v) is 11.0. The van der Waals surface area contributed by atoms with Crippen LogP contribution in [0.1, 0.15) is 26.7 Å². The van der Waals surface area contributed by atoms with E-state index in [1.54, 1.807) is 12.1 Å². The molecule has 0 aliphatic heterocycles. The van der Waals surface area contributed by atoms with Crippen molar-refractivity contribution in [2.45, 2.75) is 33.2 Å². The van der Waals surface area contributed by atoms with E-state index in [1.165, 1.54) is 0 Å². The minimum Gasteiger partial charge on any atom is -0.353 e. The third kappa shape index (κ3) is 3.20. The highest BCUT2D eigenvalue weighted by Gasteiger charge is 2.24. The zero-order valence-electron chi connectivity index (χ0n) is 9.37. The molecule has 0 fully saturated rings. The molecule has 3 heteroatoms. The van der Waals surface area contributed by atoms with Crippen molar-refractivity contribution < 1.29 is 0 Å². The van der Waals surface area contributed by atoms with Crippen molar-refractivity contribution in [2.24, 2.45) is 5.41 Å². The maximum atomic E-state index is 11.0. The molecule has 2 nitrogen and oxygen atoms in total. The number of hydrogen-bond acceptors (Lipinski definition) is 1. The molecule has 0 aliphatic rings. The van der Waals surface area contributed by atoms with Gasteiger partial charge in [-0.3, -0.25) is 4.79 Å². The van der Waals surface area contributed by atoms with Crippen LogP contribution in [0.3, 0.4) is 0 Å². The van der Waals surface area contributed by atoms with Gasteiger partial charge in [-0.15, -0.1) is 0 Å². The molecule has 1 aromatic rings. The Morgan fingerprint density at radius 2 is 1.80 bits per heavy atom. The number of pyridine rings is 1. The Bertz CT molecular complexity index is 326. The van der Waals surface area contributed by atoms with Crippen LogP contribution in [-0.2, 0) is 6.54 Å². The van der Waals surface area contributed by atoms with Gasteiger partial charge >= 0.3 is 0 Å². The summed E-state index contributed by atoms with van der Waals surface area (Å²) in [5.74, 6) is 0. The molecular weight excluding hydrogens is 254 g/mol. The quantitative estimate of drug-likeness (QED) is 0.755. The summed E-state index contributed by atoms with van der Waals surface area (Å²) in [6.45, 7) is 5.39. The van der Waals surface area contributed by atoms with E-state index in [0.29, 0.717) is 5.41 Å². The summed E-state index contributed by atoms with van der Waals surface area (Å²) >= 11 is 3.59. The van der Waals surface area contributed by atoms with Crippen molar-refractivity contribution in [2.75, 3.05) is 5.33 Å². The third-order valence-electron chi connectivity index (χ3n) is 3.16. The Morgan fingerprint density at radius 3 is 2.20 bits per heavy atom. The molecule has 84 valence electrons. The molecule has 0 atom stereocenters. The lowest BCUT2D eigenvalue weighted by atomic mass is 9.84. The Balaban J connectivity index is 2.82. The molecule has 0 bridgehead atoms. The Morgan fingerprint density at radius 1 is 1.27 bits per heavy atom. The molecule has 0 amide bonds. The zero-order chi connectivity index (χ0) is 11.3. The number of halogens is 1. The first kappa shape index (κ1) is 12.5. The van der Waals surface area contributed by atoms with Crippen molar-refractivity contribution in [3.63, 3.8) is 0 Å². The van der Waals surface area contributed by atoms with Crippen LogP contribution in [0.15, 0.2) is 29.3 Å². The second kappa shape index (κ2) is 5.50. The van der Waals surface area contributed by atoms with E-state index in [-0.39, 0.29) is 5.43 Å². The summed E-state index contributed by atoms with van der Waals surface area (Å²) < 4.78 is 2.09. The molecular formula is C12H18BrNO. The molecule has 0 saturated carbocycles. The first-order valence-electron chi connectivity index (χ1n) is 5.38. The lowest BCUT2D eigenvalue weighted by molar-refractivity contribution is 0.259. The summed E-state index contributed by atoms with van der Waals surface area (Å²) in [7, 11) is 0. The maximum Gasteiger partial charge on any atom is 0.181 e. The maximum absolute atomic E-state index is 11.0. The standard InChI is InChI=1S/C12H18BrNO/c1-3-12(4-2,9-13)10-14-7-5-11(15)6-8-14/h5-8H,3-4,9-10H2,1-2H3. The Hall–Kier alpha value is -0.570. The van der Waals surface area contributed by atoms with E-state index >= 15 is 0 Å². The van der Waals surface area contributed by atoms with Crippen LogP contribution in [0.25, 0.3) is 0 Å². The van der Waals surface area contributed by atoms with Crippen LogP contribution in [-0.4, -0.2) is 9.90 Å². The Labute approximate surface area is 99.4 Å². The molecule has 15 heavy (non-hydrogen) atoms. The van der Waals surface area contributed by atoms with Crippen molar-refractivity contribution >= 4 is 15.9 Å². The van der Waals surface area contributed by atoms with Gasteiger partial charge in [0.05, 0.1) is 0 Å². The van der Waals surface area contributed by atoms with Gasteiger partial charge in [-0.2, -0.15) is 0 Å². The summed E-state index contributed by atoms with van der Waals surface area (Å²) in [6, 6.07) is 3.23. The fourth-order valence-corrected chi connectivity index (χ4v) is 2.61. The van der Waals surface area contributed by atoms with E-state index in [0.717, 1.165) is 24.7 Å². The highest BCUT2D eigenvalue weighted by Crippen LogP contribution is 2.30. The average Bonchev–Trinajstić information content (AvgIpc) is 2.29. The molecule has 0 N–H and O–H groups in total. The van der Waals surface area contributed by atoms with Crippen molar-refractivity contribution in [1.82, 2.24) is 4.57 Å². The third-order valence-corrected chi connectivity index (χ3v) is 4.35. The topological polar surface area (TPSA) is 22.0 Å². The normalized spacial score (nSPS) is 11.7. The predicted octanol–water partition coefficient (Wildman–Crippen LogP) is 3.05. The summed E-state index contributed by atoms with van der Waals surface area (Å²) in [6.07, 6.45) is 6.01. The summed E-state index contributed by atoms with van der Waals surface area (Å²) in [4.78, 5) is 11.0. The number of nitrogens with zero attached hydrogens (tertiary/aromatic N) is 1. The second-order valence-electron chi connectivity index (χ2n) is 4.05. The van der Waals surface area contributed by atoms with Gasteiger partial charge in [0.25, 0.3) is 0 Å². The van der Waals surface area contributed by atoms with Gasteiger partial charge in [-0.1, -0.05) is 29.8 Å². The molecule has 0 saturated heterocycles. The molecule has 1 heterocycles. The van der Waals surface area contributed by atoms with E-state index in [1.807, 2.05) is 12.4 Å². The first-order chi connectivity index (χ1) is 7.15. The summed E-state index contributed by atoms with van der Waals surface area (Å²) in [5, 5.41) is 0.999. The van der Waals surface area contributed by atoms with E-state index in [9.17, 15) is 4.79 Å². The highest BCUT2D eigenvalue weighted by atomic mass is 79.9. The fraction of sp³-hybridized carbons (Fsp3) is 0.583.